The molecule has 1 heterocycles. The Balaban J connectivity index is 2.72. The van der Waals surface area contributed by atoms with Crippen LogP contribution in [-0.4, -0.2) is 42.9 Å². The molecule has 0 atom stereocenters. The minimum Gasteiger partial charge on any atom is -0.497 e. The second-order valence-electron chi connectivity index (χ2n) is 5.63. The van der Waals surface area contributed by atoms with Crippen LogP contribution < -0.4 is 9.57 Å². The summed E-state index contributed by atoms with van der Waals surface area (Å²) in [7, 11) is 5.59. The van der Waals surface area contributed by atoms with Gasteiger partial charge in [-0.15, -0.1) is 4.65 Å². The van der Waals surface area contributed by atoms with Crippen LogP contribution in [0.5, 0.6) is 11.5 Å². The lowest BCUT2D eigenvalue weighted by atomic mass is 10.2. The van der Waals surface area contributed by atoms with E-state index in [9.17, 15) is 4.79 Å². The fraction of sp³-hybridized carbons (Fsp3) is 0.438. The van der Waals surface area contributed by atoms with E-state index in [1.807, 2.05) is 39.2 Å². The number of methoxy groups -OCH3 is 1. The SMILES string of the molecule is CC[N+](C)(C)Oc1c(C)n(C(C)=O)c2ccc(OC)cc12. The summed E-state index contributed by atoms with van der Waals surface area (Å²) in [5, 5.41) is 0.890. The lowest BCUT2D eigenvalue weighted by Crippen LogP contribution is -2.42. The molecule has 0 N–H and O–H groups in total. The second kappa shape index (κ2) is 5.41. The molecule has 0 unspecified atom stereocenters. The molecule has 5 nitrogen and oxygen atoms in total. The number of ether oxygens (including phenoxy) is 1. The lowest BCUT2D eigenvalue weighted by Gasteiger charge is -2.25. The van der Waals surface area contributed by atoms with Gasteiger partial charge in [0.25, 0.3) is 0 Å². The number of fused-ring (bicyclic) bond motifs is 1. The van der Waals surface area contributed by atoms with Crippen molar-refractivity contribution in [1.29, 1.82) is 0 Å². The maximum absolute atomic E-state index is 12.0. The lowest BCUT2D eigenvalue weighted by molar-refractivity contribution is -1.05. The van der Waals surface area contributed by atoms with Crippen molar-refractivity contribution in [2.24, 2.45) is 0 Å². The largest absolute Gasteiger partial charge is 0.497 e. The van der Waals surface area contributed by atoms with Crippen molar-refractivity contribution < 1.29 is 19.0 Å². The van der Waals surface area contributed by atoms with Gasteiger partial charge in [0.2, 0.25) is 11.7 Å². The highest BCUT2D eigenvalue weighted by Crippen LogP contribution is 2.36. The van der Waals surface area contributed by atoms with E-state index in [-0.39, 0.29) is 5.91 Å². The highest BCUT2D eigenvalue weighted by atomic mass is 16.7. The van der Waals surface area contributed by atoms with Crippen LogP contribution in [0.3, 0.4) is 0 Å². The minimum atomic E-state index is -0.0284. The number of carbonyl (C=O) groups is 1. The molecule has 0 aliphatic heterocycles. The van der Waals surface area contributed by atoms with Gasteiger partial charge in [0.15, 0.2) is 0 Å². The highest BCUT2D eigenvalue weighted by Gasteiger charge is 2.25. The molecule has 1 aromatic carbocycles. The van der Waals surface area contributed by atoms with Crippen LogP contribution in [0.4, 0.5) is 0 Å². The van der Waals surface area contributed by atoms with Crippen LogP contribution in [0.25, 0.3) is 10.9 Å². The Bertz CT molecular complexity index is 686. The minimum absolute atomic E-state index is 0.0284. The fourth-order valence-corrected chi connectivity index (χ4v) is 2.33. The Kier molecular flexibility index (Phi) is 3.96. The van der Waals surface area contributed by atoms with Gasteiger partial charge in [-0.3, -0.25) is 9.36 Å². The number of aromatic nitrogens is 1. The standard InChI is InChI=1S/C16H23N2O3/c1-7-18(4,5)21-16-11(2)17(12(3)19)15-9-8-13(20-6)10-14(15)16/h8-10H,7H2,1-6H3/q+1. The van der Waals surface area contributed by atoms with Crippen LogP contribution >= 0.6 is 0 Å². The summed E-state index contributed by atoms with van der Waals surface area (Å²) in [6.45, 7) is 6.33. The van der Waals surface area contributed by atoms with Gasteiger partial charge >= 0.3 is 0 Å². The predicted molar refractivity (Wildman–Crippen MR) is 82.8 cm³/mol. The Morgan fingerprint density at radius 2 is 2.00 bits per heavy atom. The van der Waals surface area contributed by atoms with E-state index in [2.05, 4.69) is 6.92 Å². The van der Waals surface area contributed by atoms with E-state index >= 15 is 0 Å². The number of hydroxylamine groups is 3. The Hall–Kier alpha value is -2.01. The quantitative estimate of drug-likeness (QED) is 0.642. The van der Waals surface area contributed by atoms with Crippen molar-refractivity contribution in [3.05, 3.63) is 23.9 Å². The number of quaternary nitrogens is 1. The molecule has 2 aromatic rings. The van der Waals surface area contributed by atoms with E-state index < -0.39 is 0 Å². The zero-order valence-electron chi connectivity index (χ0n) is 13.6. The molecule has 114 valence electrons. The van der Waals surface area contributed by atoms with Gasteiger partial charge < -0.3 is 9.57 Å². The molecule has 0 amide bonds. The maximum Gasteiger partial charge on any atom is 0.228 e. The van der Waals surface area contributed by atoms with Gasteiger partial charge in [-0.25, -0.2) is 0 Å². The molecule has 5 heteroatoms. The molecule has 0 aliphatic carbocycles. The van der Waals surface area contributed by atoms with Crippen molar-refractivity contribution in [3.8, 4) is 11.5 Å². The molecule has 0 saturated carbocycles. The molecule has 0 fully saturated rings. The third kappa shape index (κ3) is 2.74. The van der Waals surface area contributed by atoms with Crippen LogP contribution in [-0.2, 0) is 0 Å². The monoisotopic (exact) mass is 291 g/mol. The first-order chi connectivity index (χ1) is 9.80. The number of rotatable bonds is 4. The molecule has 2 rings (SSSR count). The summed E-state index contributed by atoms with van der Waals surface area (Å²) >= 11 is 0. The first-order valence-electron chi connectivity index (χ1n) is 7.03. The van der Waals surface area contributed by atoms with Crippen molar-refractivity contribution >= 4 is 16.8 Å². The van der Waals surface area contributed by atoms with E-state index in [0.717, 1.165) is 34.6 Å². The van der Waals surface area contributed by atoms with Crippen LogP contribution in [0.1, 0.15) is 24.3 Å². The van der Waals surface area contributed by atoms with Crippen LogP contribution in [0, 0.1) is 6.92 Å². The van der Waals surface area contributed by atoms with Gasteiger partial charge in [0.1, 0.15) is 26.4 Å². The van der Waals surface area contributed by atoms with E-state index in [1.54, 1.807) is 18.6 Å². The highest BCUT2D eigenvalue weighted by molar-refractivity contribution is 5.97. The summed E-state index contributed by atoms with van der Waals surface area (Å²) in [5.41, 5.74) is 1.65. The number of benzene rings is 1. The number of hydrogen-bond donors (Lipinski definition) is 0. The average Bonchev–Trinajstić information content (AvgIpc) is 2.70. The first kappa shape index (κ1) is 15.4. The van der Waals surface area contributed by atoms with Gasteiger partial charge in [-0.1, -0.05) is 0 Å². The smallest absolute Gasteiger partial charge is 0.228 e. The molecule has 1 aromatic heterocycles. The van der Waals surface area contributed by atoms with Crippen molar-refractivity contribution in [2.75, 3.05) is 27.7 Å². The third-order valence-corrected chi connectivity index (χ3v) is 3.77. The molecule has 21 heavy (non-hydrogen) atoms. The summed E-state index contributed by atoms with van der Waals surface area (Å²) in [5.74, 6) is 1.44. The average molecular weight is 291 g/mol. The molecule has 0 aliphatic rings. The zero-order chi connectivity index (χ0) is 15.8. The van der Waals surface area contributed by atoms with E-state index in [1.165, 1.54) is 0 Å². The van der Waals surface area contributed by atoms with Gasteiger partial charge in [0, 0.05) is 6.92 Å². The summed E-state index contributed by atoms with van der Waals surface area (Å²) in [6, 6.07) is 5.65. The molecule has 0 saturated heterocycles. The normalized spacial score (nSPS) is 11.7. The second-order valence-corrected chi connectivity index (χ2v) is 5.63. The number of nitrogens with zero attached hydrogens (tertiary/aromatic N) is 2. The molecule has 0 spiro atoms. The summed E-state index contributed by atoms with van der Waals surface area (Å²) in [4.78, 5) is 18.1. The number of carbonyl (C=O) groups excluding carboxylic acids is 1. The molecular weight excluding hydrogens is 268 g/mol. The Labute approximate surface area is 125 Å². The fourth-order valence-electron chi connectivity index (χ4n) is 2.33. The third-order valence-electron chi connectivity index (χ3n) is 3.77. The molecular formula is C16H23N2O3+. The van der Waals surface area contributed by atoms with Gasteiger partial charge in [-0.05, 0) is 32.0 Å². The Morgan fingerprint density at radius 1 is 1.33 bits per heavy atom. The van der Waals surface area contributed by atoms with Crippen LogP contribution in [0.15, 0.2) is 18.2 Å². The molecule has 0 radical (unpaired) electrons. The molecule has 0 bridgehead atoms. The Morgan fingerprint density at radius 3 is 2.52 bits per heavy atom. The van der Waals surface area contributed by atoms with Crippen molar-refractivity contribution in [1.82, 2.24) is 4.57 Å². The van der Waals surface area contributed by atoms with Gasteiger partial charge in [0.05, 0.1) is 23.7 Å². The maximum atomic E-state index is 12.0. The van der Waals surface area contributed by atoms with E-state index in [4.69, 9.17) is 9.57 Å². The predicted octanol–water partition coefficient (Wildman–Crippen LogP) is 3.01. The summed E-state index contributed by atoms with van der Waals surface area (Å²) < 4.78 is 7.35. The zero-order valence-corrected chi connectivity index (χ0v) is 13.6. The number of hydrogen-bond acceptors (Lipinski definition) is 3. The van der Waals surface area contributed by atoms with Gasteiger partial charge in [-0.2, -0.15) is 0 Å². The van der Waals surface area contributed by atoms with Crippen LogP contribution in [0.2, 0.25) is 0 Å². The summed E-state index contributed by atoms with van der Waals surface area (Å²) in [6.07, 6.45) is 0. The topological polar surface area (TPSA) is 40.5 Å². The first-order valence-corrected chi connectivity index (χ1v) is 7.03. The van der Waals surface area contributed by atoms with Crippen molar-refractivity contribution in [2.45, 2.75) is 20.8 Å². The van der Waals surface area contributed by atoms with E-state index in [0.29, 0.717) is 4.65 Å². The van der Waals surface area contributed by atoms with Crippen molar-refractivity contribution in [3.63, 3.8) is 0 Å².